The minimum atomic E-state index is -0.144. The predicted molar refractivity (Wildman–Crippen MR) is 37.7 cm³/mol. The Morgan fingerprint density at radius 2 is 2.25 bits per heavy atom. The quantitative estimate of drug-likeness (QED) is 0.554. The van der Waals surface area contributed by atoms with Gasteiger partial charge in [0.05, 0.1) is 0 Å². The van der Waals surface area contributed by atoms with E-state index in [1.54, 1.807) is 6.08 Å². The van der Waals surface area contributed by atoms with E-state index in [1.807, 2.05) is 6.92 Å². The second-order valence-electron chi connectivity index (χ2n) is 2.46. The van der Waals surface area contributed by atoms with Crippen LogP contribution in [0.15, 0.2) is 12.7 Å². The molecule has 1 nitrogen and oxygen atoms in total. The molecule has 0 aliphatic rings. The molecule has 2 N–H and O–H groups in total. The van der Waals surface area contributed by atoms with Gasteiger partial charge in [0.15, 0.2) is 0 Å². The lowest BCUT2D eigenvalue weighted by atomic mass is 9.98. The van der Waals surface area contributed by atoms with E-state index in [9.17, 15) is 0 Å². The molecular weight excluding hydrogens is 98.1 g/mol. The highest BCUT2D eigenvalue weighted by molar-refractivity contribution is 4.95. The van der Waals surface area contributed by atoms with E-state index in [0.717, 1.165) is 12.8 Å². The standard InChI is InChI=1S/C7H15N/c1-4-6-7(3,8)5-2/h5H,2,4,6,8H2,1,3H3. The van der Waals surface area contributed by atoms with Gasteiger partial charge in [-0.15, -0.1) is 6.58 Å². The second-order valence-corrected chi connectivity index (χ2v) is 2.46. The van der Waals surface area contributed by atoms with Crippen LogP contribution in [-0.2, 0) is 0 Å². The fraction of sp³-hybridized carbons (Fsp3) is 0.714. The van der Waals surface area contributed by atoms with E-state index in [4.69, 9.17) is 5.73 Å². The maximum absolute atomic E-state index is 5.71. The van der Waals surface area contributed by atoms with E-state index in [0.29, 0.717) is 0 Å². The van der Waals surface area contributed by atoms with Crippen molar-refractivity contribution in [1.82, 2.24) is 0 Å². The van der Waals surface area contributed by atoms with E-state index < -0.39 is 0 Å². The summed E-state index contributed by atoms with van der Waals surface area (Å²) in [4.78, 5) is 0. The molecule has 0 aromatic rings. The zero-order valence-corrected chi connectivity index (χ0v) is 5.78. The zero-order valence-electron chi connectivity index (χ0n) is 5.78. The number of nitrogens with two attached hydrogens (primary N) is 1. The van der Waals surface area contributed by atoms with Crippen LogP contribution in [0.2, 0.25) is 0 Å². The molecule has 0 saturated carbocycles. The first-order valence-corrected chi connectivity index (χ1v) is 3.05. The summed E-state index contributed by atoms with van der Waals surface area (Å²) in [5.41, 5.74) is 5.56. The molecule has 0 saturated heterocycles. The molecule has 1 heteroatoms. The highest BCUT2D eigenvalue weighted by atomic mass is 14.7. The predicted octanol–water partition coefficient (Wildman–Crippen LogP) is 1.69. The molecule has 0 spiro atoms. The molecule has 0 amide bonds. The van der Waals surface area contributed by atoms with Crippen LogP contribution in [0, 0.1) is 0 Å². The Bertz CT molecular complexity index is 74.5. The largest absolute Gasteiger partial charge is 0.322 e. The smallest absolute Gasteiger partial charge is 0.0307 e. The molecule has 0 aliphatic carbocycles. The van der Waals surface area contributed by atoms with Gasteiger partial charge >= 0.3 is 0 Å². The normalized spacial score (nSPS) is 17.4. The van der Waals surface area contributed by atoms with Crippen LogP contribution in [0.5, 0.6) is 0 Å². The average molecular weight is 113 g/mol. The Hall–Kier alpha value is -0.300. The number of rotatable bonds is 3. The maximum atomic E-state index is 5.71. The summed E-state index contributed by atoms with van der Waals surface area (Å²) in [6.45, 7) is 7.74. The lowest BCUT2D eigenvalue weighted by molar-refractivity contribution is 0.526. The number of hydrogen-bond donors (Lipinski definition) is 1. The van der Waals surface area contributed by atoms with Crippen molar-refractivity contribution >= 4 is 0 Å². The summed E-state index contributed by atoms with van der Waals surface area (Å²) < 4.78 is 0. The van der Waals surface area contributed by atoms with Crippen LogP contribution < -0.4 is 5.73 Å². The van der Waals surface area contributed by atoms with E-state index >= 15 is 0 Å². The van der Waals surface area contributed by atoms with Crippen molar-refractivity contribution in [2.45, 2.75) is 32.2 Å². The van der Waals surface area contributed by atoms with Crippen molar-refractivity contribution in [1.29, 1.82) is 0 Å². The molecule has 1 atom stereocenters. The molecule has 0 aromatic carbocycles. The van der Waals surface area contributed by atoms with Gasteiger partial charge in [0.1, 0.15) is 0 Å². The van der Waals surface area contributed by atoms with Gasteiger partial charge in [-0.3, -0.25) is 0 Å². The Labute approximate surface area is 51.6 Å². The first-order chi connectivity index (χ1) is 3.62. The highest BCUT2D eigenvalue weighted by Gasteiger charge is 2.09. The summed E-state index contributed by atoms with van der Waals surface area (Å²) >= 11 is 0. The summed E-state index contributed by atoms with van der Waals surface area (Å²) in [5, 5.41) is 0. The fourth-order valence-electron chi connectivity index (χ4n) is 0.641. The lowest BCUT2D eigenvalue weighted by Gasteiger charge is -2.17. The van der Waals surface area contributed by atoms with Crippen LogP contribution in [0.1, 0.15) is 26.7 Å². The van der Waals surface area contributed by atoms with E-state index in [2.05, 4.69) is 13.5 Å². The maximum Gasteiger partial charge on any atom is 0.0307 e. The van der Waals surface area contributed by atoms with Crippen molar-refractivity contribution in [3.63, 3.8) is 0 Å². The first-order valence-electron chi connectivity index (χ1n) is 3.05. The van der Waals surface area contributed by atoms with Crippen molar-refractivity contribution in [2.24, 2.45) is 5.73 Å². The molecule has 0 radical (unpaired) electrons. The Kier molecular flexibility index (Phi) is 2.77. The van der Waals surface area contributed by atoms with Gasteiger partial charge < -0.3 is 5.73 Å². The molecule has 0 heterocycles. The molecule has 0 aliphatic heterocycles. The molecule has 0 rings (SSSR count). The third-order valence-electron chi connectivity index (χ3n) is 1.25. The van der Waals surface area contributed by atoms with Crippen molar-refractivity contribution in [2.75, 3.05) is 0 Å². The average Bonchev–Trinajstić information content (AvgIpc) is 1.67. The minimum Gasteiger partial charge on any atom is -0.322 e. The third kappa shape index (κ3) is 2.80. The van der Waals surface area contributed by atoms with E-state index in [-0.39, 0.29) is 5.54 Å². The van der Waals surface area contributed by atoms with Gasteiger partial charge in [-0.05, 0) is 13.3 Å². The van der Waals surface area contributed by atoms with Crippen LogP contribution in [0.4, 0.5) is 0 Å². The summed E-state index contributed by atoms with van der Waals surface area (Å²) in [5.74, 6) is 0. The summed E-state index contributed by atoms with van der Waals surface area (Å²) in [6.07, 6.45) is 3.95. The monoisotopic (exact) mass is 113 g/mol. The fourth-order valence-corrected chi connectivity index (χ4v) is 0.641. The Morgan fingerprint density at radius 3 is 2.38 bits per heavy atom. The molecule has 48 valence electrons. The minimum absolute atomic E-state index is 0.144. The van der Waals surface area contributed by atoms with E-state index in [1.165, 1.54) is 0 Å². The van der Waals surface area contributed by atoms with Gasteiger partial charge in [0.25, 0.3) is 0 Å². The lowest BCUT2D eigenvalue weighted by Crippen LogP contribution is -2.32. The van der Waals surface area contributed by atoms with Crippen LogP contribution >= 0.6 is 0 Å². The van der Waals surface area contributed by atoms with Crippen LogP contribution in [0.3, 0.4) is 0 Å². The molecule has 0 aromatic heterocycles. The number of hydrogen-bond acceptors (Lipinski definition) is 1. The Morgan fingerprint density at radius 1 is 1.75 bits per heavy atom. The van der Waals surface area contributed by atoms with Gasteiger partial charge in [0, 0.05) is 5.54 Å². The molecule has 0 bridgehead atoms. The van der Waals surface area contributed by atoms with Gasteiger partial charge in [-0.25, -0.2) is 0 Å². The zero-order chi connectivity index (χ0) is 6.62. The van der Waals surface area contributed by atoms with Crippen molar-refractivity contribution in [3.8, 4) is 0 Å². The van der Waals surface area contributed by atoms with Crippen LogP contribution in [0.25, 0.3) is 0 Å². The van der Waals surface area contributed by atoms with Gasteiger partial charge in [0.2, 0.25) is 0 Å². The Balaban J connectivity index is 3.53. The van der Waals surface area contributed by atoms with Crippen molar-refractivity contribution < 1.29 is 0 Å². The topological polar surface area (TPSA) is 26.0 Å². The molecular formula is C7H15N. The highest BCUT2D eigenvalue weighted by Crippen LogP contribution is 2.07. The third-order valence-corrected chi connectivity index (χ3v) is 1.25. The first kappa shape index (κ1) is 7.70. The van der Waals surface area contributed by atoms with Gasteiger partial charge in [-0.1, -0.05) is 19.4 Å². The van der Waals surface area contributed by atoms with Crippen LogP contribution in [-0.4, -0.2) is 5.54 Å². The summed E-state index contributed by atoms with van der Waals surface area (Å²) in [6, 6.07) is 0. The van der Waals surface area contributed by atoms with Gasteiger partial charge in [-0.2, -0.15) is 0 Å². The molecule has 1 unspecified atom stereocenters. The molecule has 8 heavy (non-hydrogen) atoms. The van der Waals surface area contributed by atoms with Crippen molar-refractivity contribution in [3.05, 3.63) is 12.7 Å². The SMILES string of the molecule is C=CC(C)(N)CCC. The molecule has 0 fully saturated rings. The summed E-state index contributed by atoms with van der Waals surface area (Å²) in [7, 11) is 0. The second kappa shape index (κ2) is 2.88.